The third-order valence-corrected chi connectivity index (χ3v) is 5.40. The van der Waals surface area contributed by atoms with E-state index in [1.807, 2.05) is 24.3 Å². The monoisotopic (exact) mass is 428 g/mol. The molecule has 3 heterocycles. The molecule has 156 valence electrons. The van der Waals surface area contributed by atoms with E-state index in [-0.39, 0.29) is 18.4 Å². The lowest BCUT2D eigenvalue weighted by atomic mass is 9.98. The average molecular weight is 429 g/mol. The van der Waals surface area contributed by atoms with Gasteiger partial charge in [0.15, 0.2) is 5.89 Å². The Morgan fingerprint density at radius 1 is 1.30 bits per heavy atom. The van der Waals surface area contributed by atoms with Crippen LogP contribution in [0.15, 0.2) is 56.7 Å². The normalized spacial score (nSPS) is 16.6. The summed E-state index contributed by atoms with van der Waals surface area (Å²) < 4.78 is 7.15. The Labute approximate surface area is 177 Å². The molecule has 0 radical (unpaired) electrons. The molecule has 0 bridgehead atoms. The second-order valence-electron chi connectivity index (χ2n) is 7.39. The minimum atomic E-state index is -0.595. The number of piperidine rings is 1. The van der Waals surface area contributed by atoms with Crippen molar-refractivity contribution in [3.05, 3.63) is 85.8 Å². The van der Waals surface area contributed by atoms with Crippen molar-refractivity contribution in [2.45, 2.75) is 31.7 Å². The molecule has 1 amide bonds. The Morgan fingerprint density at radius 2 is 2.17 bits per heavy atom. The van der Waals surface area contributed by atoms with Gasteiger partial charge in [0.05, 0.1) is 12.1 Å². The van der Waals surface area contributed by atoms with Crippen LogP contribution in [0, 0.1) is 0 Å². The molecular weight excluding hydrogens is 408 g/mol. The van der Waals surface area contributed by atoms with Crippen molar-refractivity contribution < 1.29 is 9.21 Å². The molecule has 0 spiro atoms. The van der Waals surface area contributed by atoms with Gasteiger partial charge in [-0.1, -0.05) is 23.7 Å². The van der Waals surface area contributed by atoms with Crippen LogP contribution >= 0.6 is 11.6 Å². The summed E-state index contributed by atoms with van der Waals surface area (Å²) in [7, 11) is 0. The maximum atomic E-state index is 12.7. The van der Waals surface area contributed by atoms with Crippen LogP contribution in [0.25, 0.3) is 0 Å². The molecule has 1 atom stereocenters. The van der Waals surface area contributed by atoms with Gasteiger partial charge in [0.1, 0.15) is 12.3 Å². The van der Waals surface area contributed by atoms with E-state index in [1.165, 1.54) is 16.8 Å². The number of nitrogens with zero attached hydrogens (tertiary/aromatic N) is 3. The molecule has 8 nitrogen and oxygen atoms in total. The van der Waals surface area contributed by atoms with Gasteiger partial charge in [-0.2, -0.15) is 0 Å². The molecule has 1 aromatic carbocycles. The van der Waals surface area contributed by atoms with Crippen LogP contribution < -0.4 is 11.2 Å². The molecule has 1 saturated heterocycles. The molecule has 1 aliphatic rings. The third-order valence-electron chi connectivity index (χ3n) is 5.16. The molecule has 4 rings (SSSR count). The lowest BCUT2D eigenvalue weighted by molar-refractivity contribution is -0.133. The van der Waals surface area contributed by atoms with Crippen LogP contribution in [-0.2, 0) is 17.8 Å². The topological polar surface area (TPSA) is 101 Å². The second kappa shape index (κ2) is 8.71. The number of rotatable bonds is 5. The zero-order valence-corrected chi connectivity index (χ0v) is 17.0. The van der Waals surface area contributed by atoms with E-state index in [4.69, 9.17) is 16.0 Å². The lowest BCUT2D eigenvalue weighted by Crippen LogP contribution is -2.42. The van der Waals surface area contributed by atoms with Crippen molar-refractivity contribution in [2.75, 3.05) is 13.1 Å². The van der Waals surface area contributed by atoms with Crippen molar-refractivity contribution in [1.29, 1.82) is 0 Å². The van der Waals surface area contributed by atoms with Gasteiger partial charge in [0, 0.05) is 36.8 Å². The minimum Gasteiger partial charge on any atom is -0.445 e. The number of aromatic nitrogens is 3. The Kier molecular flexibility index (Phi) is 5.85. The highest BCUT2D eigenvalue weighted by Gasteiger charge is 2.28. The van der Waals surface area contributed by atoms with Gasteiger partial charge in [-0.15, -0.1) is 0 Å². The summed E-state index contributed by atoms with van der Waals surface area (Å²) in [6.07, 6.45) is 5.34. The first kappa shape index (κ1) is 20.2. The number of carbonyl (C=O) groups excluding carboxylic acids is 1. The van der Waals surface area contributed by atoms with Crippen molar-refractivity contribution >= 4 is 17.5 Å². The third kappa shape index (κ3) is 4.71. The quantitative estimate of drug-likeness (QED) is 0.671. The summed E-state index contributed by atoms with van der Waals surface area (Å²) in [4.78, 5) is 44.0. The number of hydrogen-bond donors (Lipinski definition) is 1. The number of amides is 1. The molecule has 0 aliphatic carbocycles. The molecule has 1 fully saturated rings. The van der Waals surface area contributed by atoms with Gasteiger partial charge in [-0.3, -0.25) is 19.1 Å². The van der Waals surface area contributed by atoms with Crippen molar-refractivity contribution in [3.8, 4) is 0 Å². The Balaban J connectivity index is 1.41. The minimum absolute atomic E-state index is 0.00288. The van der Waals surface area contributed by atoms with Crippen molar-refractivity contribution in [2.24, 2.45) is 0 Å². The average Bonchev–Trinajstić information content (AvgIpc) is 3.19. The number of benzene rings is 1. The zero-order chi connectivity index (χ0) is 21.1. The number of halogens is 1. The molecule has 30 heavy (non-hydrogen) atoms. The number of oxazole rings is 1. The number of H-pyrrole nitrogens is 1. The molecule has 2 aromatic heterocycles. The van der Waals surface area contributed by atoms with Gasteiger partial charge in [0.2, 0.25) is 5.91 Å². The van der Waals surface area contributed by atoms with E-state index in [0.717, 1.165) is 24.2 Å². The first-order valence-corrected chi connectivity index (χ1v) is 10.1. The van der Waals surface area contributed by atoms with Crippen LogP contribution in [0.3, 0.4) is 0 Å². The second-order valence-corrected chi connectivity index (χ2v) is 7.82. The van der Waals surface area contributed by atoms with Crippen LogP contribution in [-0.4, -0.2) is 38.4 Å². The van der Waals surface area contributed by atoms with E-state index < -0.39 is 11.2 Å². The molecule has 0 unspecified atom stereocenters. The van der Waals surface area contributed by atoms with Crippen LogP contribution in [0.5, 0.6) is 0 Å². The summed E-state index contributed by atoms with van der Waals surface area (Å²) >= 11 is 6.04. The highest BCUT2D eigenvalue weighted by Crippen LogP contribution is 2.27. The van der Waals surface area contributed by atoms with Gasteiger partial charge in [-0.25, -0.2) is 9.78 Å². The van der Waals surface area contributed by atoms with E-state index in [2.05, 4.69) is 9.97 Å². The van der Waals surface area contributed by atoms with E-state index in [1.54, 1.807) is 11.1 Å². The fourth-order valence-electron chi connectivity index (χ4n) is 3.66. The fraction of sp³-hybridized carbons (Fsp3) is 0.333. The van der Waals surface area contributed by atoms with E-state index >= 15 is 0 Å². The van der Waals surface area contributed by atoms with Crippen LogP contribution in [0.4, 0.5) is 0 Å². The predicted octanol–water partition coefficient (Wildman–Crippen LogP) is 2.17. The number of aromatic amines is 1. The van der Waals surface area contributed by atoms with Gasteiger partial charge < -0.3 is 9.32 Å². The van der Waals surface area contributed by atoms with Crippen LogP contribution in [0.1, 0.15) is 36.0 Å². The fourth-order valence-corrected chi connectivity index (χ4v) is 3.87. The summed E-state index contributed by atoms with van der Waals surface area (Å²) in [5, 5.41) is 0.676. The van der Waals surface area contributed by atoms with Gasteiger partial charge in [0.25, 0.3) is 5.56 Å². The smallest absolute Gasteiger partial charge is 0.328 e. The SMILES string of the molecule is O=C(Cn1ccc(=O)[nH]c1=O)N1CCC[C@H](c2ncc(Cc3cccc(Cl)c3)o2)C1. The number of hydrogen-bond acceptors (Lipinski definition) is 5. The van der Waals surface area contributed by atoms with Gasteiger partial charge >= 0.3 is 5.69 Å². The van der Waals surface area contributed by atoms with Crippen molar-refractivity contribution in [1.82, 2.24) is 19.4 Å². The number of likely N-dealkylation sites (tertiary alicyclic amines) is 1. The molecule has 1 aliphatic heterocycles. The van der Waals surface area contributed by atoms with Gasteiger partial charge in [-0.05, 0) is 30.5 Å². The molecule has 0 saturated carbocycles. The summed E-state index contributed by atoms with van der Waals surface area (Å²) in [6.45, 7) is 0.978. The largest absolute Gasteiger partial charge is 0.445 e. The molecule has 3 aromatic rings. The molecular formula is C21H21ClN4O4. The zero-order valence-electron chi connectivity index (χ0n) is 16.2. The van der Waals surface area contributed by atoms with E-state index in [9.17, 15) is 14.4 Å². The highest BCUT2D eigenvalue weighted by atomic mass is 35.5. The summed E-state index contributed by atoms with van der Waals surface area (Å²) in [5.41, 5.74) is -0.0426. The maximum absolute atomic E-state index is 12.7. The molecule has 1 N–H and O–H groups in total. The summed E-state index contributed by atoms with van der Waals surface area (Å²) in [5.74, 6) is 1.18. The Bertz CT molecular complexity index is 1170. The summed E-state index contributed by atoms with van der Waals surface area (Å²) in [6, 6.07) is 8.82. The van der Waals surface area contributed by atoms with Crippen molar-refractivity contribution in [3.63, 3.8) is 0 Å². The van der Waals surface area contributed by atoms with Crippen LogP contribution in [0.2, 0.25) is 5.02 Å². The Morgan fingerprint density at radius 3 is 2.97 bits per heavy atom. The maximum Gasteiger partial charge on any atom is 0.328 e. The standard InChI is InChI=1S/C21H21ClN4O4/c22-16-5-1-3-14(9-16)10-17-11-23-20(30-17)15-4-2-7-25(12-15)19(28)13-26-8-6-18(27)24-21(26)29/h1,3,5-6,8-9,11,15H,2,4,7,10,12-13H2,(H,24,27,29)/t15-/m0/s1. The number of carbonyl (C=O) groups is 1. The number of nitrogens with one attached hydrogen (secondary N) is 1. The first-order chi connectivity index (χ1) is 14.5. The van der Waals surface area contributed by atoms with E-state index in [0.29, 0.717) is 30.4 Å². The highest BCUT2D eigenvalue weighted by molar-refractivity contribution is 6.30. The first-order valence-electron chi connectivity index (χ1n) is 9.74. The molecule has 9 heteroatoms. The lowest BCUT2D eigenvalue weighted by Gasteiger charge is -2.31. The predicted molar refractivity (Wildman–Crippen MR) is 111 cm³/mol. The Hall–Kier alpha value is -3.13.